The number of nitrogens with zero attached hydrogens (tertiary/aromatic N) is 2. The normalized spacial score (nSPS) is 11.9. The molecule has 0 spiro atoms. The number of alkyl carbamates (subject to hydrolysis) is 1. The maximum absolute atomic E-state index is 11.6. The molecule has 1 amide bonds. The lowest BCUT2D eigenvalue weighted by atomic mass is 10.2. The summed E-state index contributed by atoms with van der Waals surface area (Å²) < 4.78 is 11.2. The Morgan fingerprint density at radius 3 is 2.39 bits per heavy atom. The van der Waals surface area contributed by atoms with Crippen LogP contribution in [0.3, 0.4) is 0 Å². The summed E-state index contributed by atoms with van der Waals surface area (Å²) in [5.41, 5.74) is 0.594. The SMILES string of the molecule is CCN(CC)CCOc1ccccc1CNC(=NC)NCCCNC(=O)OC(C)(C)C. The molecule has 0 aliphatic carbocycles. The Morgan fingerprint density at radius 1 is 1.06 bits per heavy atom. The number of benzene rings is 1. The highest BCUT2D eigenvalue weighted by Gasteiger charge is 2.15. The van der Waals surface area contributed by atoms with Crippen molar-refractivity contribution < 1.29 is 14.3 Å². The van der Waals surface area contributed by atoms with Crippen LogP contribution in [0.4, 0.5) is 4.79 Å². The fraction of sp³-hybridized carbons (Fsp3) is 0.652. The van der Waals surface area contributed by atoms with E-state index < -0.39 is 11.7 Å². The topological polar surface area (TPSA) is 87.2 Å². The predicted molar refractivity (Wildman–Crippen MR) is 127 cm³/mol. The lowest BCUT2D eigenvalue weighted by Crippen LogP contribution is -2.39. The number of guanidine groups is 1. The van der Waals surface area contributed by atoms with Crippen molar-refractivity contribution in [2.24, 2.45) is 4.99 Å². The zero-order valence-corrected chi connectivity index (χ0v) is 20.1. The van der Waals surface area contributed by atoms with E-state index in [1.165, 1.54) is 0 Å². The second-order valence-electron chi connectivity index (χ2n) is 8.12. The molecular weight excluding hydrogens is 394 g/mol. The van der Waals surface area contributed by atoms with E-state index in [4.69, 9.17) is 9.47 Å². The number of ether oxygens (including phenoxy) is 2. The molecule has 0 saturated carbocycles. The van der Waals surface area contributed by atoms with Crippen LogP contribution in [-0.2, 0) is 11.3 Å². The number of carbonyl (C=O) groups is 1. The minimum atomic E-state index is -0.486. The Morgan fingerprint density at radius 2 is 1.74 bits per heavy atom. The smallest absolute Gasteiger partial charge is 0.407 e. The van der Waals surface area contributed by atoms with Crippen molar-refractivity contribution in [3.63, 3.8) is 0 Å². The van der Waals surface area contributed by atoms with E-state index in [1.807, 2.05) is 39.0 Å². The fourth-order valence-electron chi connectivity index (χ4n) is 2.81. The van der Waals surface area contributed by atoms with Gasteiger partial charge < -0.3 is 30.3 Å². The minimum absolute atomic E-state index is 0.396. The summed E-state index contributed by atoms with van der Waals surface area (Å²) >= 11 is 0. The number of nitrogens with one attached hydrogen (secondary N) is 3. The van der Waals surface area contributed by atoms with Crippen molar-refractivity contribution in [2.45, 2.75) is 53.2 Å². The van der Waals surface area contributed by atoms with E-state index >= 15 is 0 Å². The molecule has 0 aliphatic rings. The maximum atomic E-state index is 11.6. The highest BCUT2D eigenvalue weighted by atomic mass is 16.6. The summed E-state index contributed by atoms with van der Waals surface area (Å²) in [7, 11) is 1.74. The zero-order valence-electron chi connectivity index (χ0n) is 20.1. The molecule has 0 bridgehead atoms. The van der Waals surface area contributed by atoms with Gasteiger partial charge in [0.05, 0.1) is 0 Å². The predicted octanol–water partition coefficient (Wildman–Crippen LogP) is 2.99. The van der Waals surface area contributed by atoms with Gasteiger partial charge in [0, 0.05) is 38.8 Å². The molecule has 1 aromatic carbocycles. The van der Waals surface area contributed by atoms with Gasteiger partial charge in [-0.15, -0.1) is 0 Å². The Hall–Kier alpha value is -2.48. The summed E-state index contributed by atoms with van der Waals surface area (Å²) in [6.07, 6.45) is 0.359. The van der Waals surface area contributed by atoms with E-state index in [1.54, 1.807) is 7.05 Å². The molecule has 176 valence electrons. The average molecular weight is 436 g/mol. The molecule has 0 aromatic heterocycles. The van der Waals surface area contributed by atoms with Gasteiger partial charge in [-0.2, -0.15) is 0 Å². The van der Waals surface area contributed by atoms with Crippen molar-refractivity contribution in [3.8, 4) is 5.75 Å². The third-order valence-corrected chi connectivity index (χ3v) is 4.52. The van der Waals surface area contributed by atoms with E-state index in [0.29, 0.717) is 32.2 Å². The Bertz CT molecular complexity index is 669. The number of rotatable bonds is 12. The first-order chi connectivity index (χ1) is 14.8. The van der Waals surface area contributed by atoms with E-state index in [9.17, 15) is 4.79 Å². The number of hydrogen-bond donors (Lipinski definition) is 3. The molecule has 0 aliphatic heterocycles. The van der Waals surface area contributed by atoms with Crippen molar-refractivity contribution in [1.82, 2.24) is 20.9 Å². The van der Waals surface area contributed by atoms with Gasteiger partial charge in [0.1, 0.15) is 18.0 Å². The highest BCUT2D eigenvalue weighted by molar-refractivity contribution is 5.79. The van der Waals surface area contributed by atoms with Crippen molar-refractivity contribution in [3.05, 3.63) is 29.8 Å². The lowest BCUT2D eigenvalue weighted by molar-refractivity contribution is 0.0527. The minimum Gasteiger partial charge on any atom is -0.492 e. The lowest BCUT2D eigenvalue weighted by Gasteiger charge is -2.20. The number of hydrogen-bond acceptors (Lipinski definition) is 5. The van der Waals surface area contributed by atoms with Gasteiger partial charge in [-0.3, -0.25) is 4.99 Å². The van der Waals surface area contributed by atoms with Gasteiger partial charge in [0.25, 0.3) is 0 Å². The van der Waals surface area contributed by atoms with Gasteiger partial charge in [-0.05, 0) is 46.3 Å². The average Bonchev–Trinajstić information content (AvgIpc) is 2.72. The molecule has 0 unspecified atom stereocenters. The number of para-hydroxylation sites is 1. The first kappa shape index (κ1) is 26.6. The molecule has 0 atom stereocenters. The molecule has 0 saturated heterocycles. The second-order valence-corrected chi connectivity index (χ2v) is 8.12. The van der Waals surface area contributed by atoms with Crippen molar-refractivity contribution >= 4 is 12.1 Å². The molecule has 0 fully saturated rings. The second kappa shape index (κ2) is 14.5. The van der Waals surface area contributed by atoms with Gasteiger partial charge >= 0.3 is 6.09 Å². The van der Waals surface area contributed by atoms with Crippen molar-refractivity contribution in [2.75, 3.05) is 46.4 Å². The van der Waals surface area contributed by atoms with Crippen LogP contribution in [0, 0.1) is 0 Å². The third kappa shape index (κ3) is 12.1. The van der Waals surface area contributed by atoms with Gasteiger partial charge in [0.15, 0.2) is 5.96 Å². The van der Waals surface area contributed by atoms with E-state index in [2.05, 4.69) is 45.8 Å². The first-order valence-electron chi connectivity index (χ1n) is 11.1. The summed E-state index contributed by atoms with van der Waals surface area (Å²) in [5.74, 6) is 1.59. The first-order valence-corrected chi connectivity index (χ1v) is 11.1. The van der Waals surface area contributed by atoms with Crippen molar-refractivity contribution in [1.29, 1.82) is 0 Å². The third-order valence-electron chi connectivity index (χ3n) is 4.52. The summed E-state index contributed by atoms with van der Waals surface area (Å²) in [5, 5.41) is 9.32. The molecule has 0 radical (unpaired) electrons. The Balaban J connectivity index is 2.36. The van der Waals surface area contributed by atoms with Gasteiger partial charge in [-0.25, -0.2) is 4.79 Å². The molecule has 8 nitrogen and oxygen atoms in total. The zero-order chi connectivity index (χ0) is 23.1. The van der Waals surface area contributed by atoms with Crippen LogP contribution in [0.25, 0.3) is 0 Å². The summed E-state index contributed by atoms with van der Waals surface area (Å²) in [4.78, 5) is 18.2. The largest absolute Gasteiger partial charge is 0.492 e. The molecular formula is C23H41N5O3. The number of amides is 1. The monoisotopic (exact) mass is 435 g/mol. The van der Waals surface area contributed by atoms with Crippen LogP contribution >= 0.6 is 0 Å². The Labute approximate surface area is 187 Å². The van der Waals surface area contributed by atoms with E-state index in [-0.39, 0.29) is 0 Å². The maximum Gasteiger partial charge on any atom is 0.407 e. The molecule has 1 rings (SSSR count). The van der Waals surface area contributed by atoms with Gasteiger partial charge in [-0.1, -0.05) is 32.0 Å². The number of carbonyl (C=O) groups excluding carboxylic acids is 1. The summed E-state index contributed by atoms with van der Waals surface area (Å²) in [6.45, 7) is 15.3. The fourth-order valence-corrected chi connectivity index (χ4v) is 2.81. The quantitative estimate of drug-likeness (QED) is 0.266. The van der Waals surface area contributed by atoms with Crippen LogP contribution in [0.1, 0.15) is 46.6 Å². The van der Waals surface area contributed by atoms with Gasteiger partial charge in [0.2, 0.25) is 0 Å². The van der Waals surface area contributed by atoms with Crippen LogP contribution in [-0.4, -0.2) is 68.9 Å². The highest BCUT2D eigenvalue weighted by Crippen LogP contribution is 2.17. The summed E-state index contributed by atoms with van der Waals surface area (Å²) in [6, 6.07) is 8.04. The van der Waals surface area contributed by atoms with Crippen LogP contribution < -0.4 is 20.7 Å². The van der Waals surface area contributed by atoms with Crippen LogP contribution in [0.15, 0.2) is 29.3 Å². The molecule has 31 heavy (non-hydrogen) atoms. The molecule has 1 aromatic rings. The van der Waals surface area contributed by atoms with Crippen LogP contribution in [0.2, 0.25) is 0 Å². The number of aliphatic imine (C=N–C) groups is 1. The standard InChI is InChI=1S/C23H41N5O3/c1-7-28(8-2)16-17-30-20-13-10-9-12-19(20)18-27-21(24-6)25-14-11-15-26-22(29)31-23(3,4)5/h9-10,12-13H,7-8,11,14-18H2,1-6H3,(H,26,29)(H2,24,25,27). The molecule has 8 heteroatoms. The Kier molecular flexibility index (Phi) is 12.4. The van der Waals surface area contributed by atoms with E-state index in [0.717, 1.165) is 37.4 Å². The molecule has 0 heterocycles. The number of likely N-dealkylation sites (N-methyl/N-ethyl adjacent to an activating group) is 1. The molecule has 3 N–H and O–H groups in total. The van der Waals surface area contributed by atoms with Crippen LogP contribution in [0.5, 0.6) is 5.75 Å².